The number of benzene rings is 2. The van der Waals surface area contributed by atoms with Crippen molar-refractivity contribution in [2.24, 2.45) is 0 Å². The predicted octanol–water partition coefficient (Wildman–Crippen LogP) is 5.23. The maximum atomic E-state index is 13.4. The van der Waals surface area contributed by atoms with Crippen molar-refractivity contribution in [3.05, 3.63) is 89.0 Å². The highest BCUT2D eigenvalue weighted by Crippen LogP contribution is 2.32. The largest absolute Gasteiger partial charge is 0.417 e. The van der Waals surface area contributed by atoms with Gasteiger partial charge in [-0.2, -0.15) is 28.1 Å². The summed E-state index contributed by atoms with van der Waals surface area (Å²) in [6.45, 7) is 1.69. The number of amides is 1. The van der Waals surface area contributed by atoms with E-state index < -0.39 is 23.2 Å². The fourth-order valence-corrected chi connectivity index (χ4v) is 3.76. The quantitative estimate of drug-likeness (QED) is 0.367. The van der Waals surface area contributed by atoms with E-state index >= 15 is 0 Å². The Morgan fingerprint density at radius 3 is 2.51 bits per heavy atom. The maximum Gasteiger partial charge on any atom is 0.417 e. The van der Waals surface area contributed by atoms with Crippen molar-refractivity contribution in [1.82, 2.24) is 29.5 Å². The van der Waals surface area contributed by atoms with E-state index in [0.29, 0.717) is 33.3 Å². The van der Waals surface area contributed by atoms with Gasteiger partial charge < -0.3 is 5.32 Å². The Kier molecular flexibility index (Phi) is 5.48. The van der Waals surface area contributed by atoms with Gasteiger partial charge in [0, 0.05) is 11.1 Å². The lowest BCUT2D eigenvalue weighted by atomic mass is 10.1. The average Bonchev–Trinajstić information content (AvgIpc) is 3.42. The Balaban J connectivity index is 1.56. The van der Waals surface area contributed by atoms with Gasteiger partial charge in [-0.25, -0.2) is 14.6 Å². The van der Waals surface area contributed by atoms with Crippen LogP contribution in [0.15, 0.2) is 67.1 Å². The van der Waals surface area contributed by atoms with Gasteiger partial charge in [0.15, 0.2) is 11.5 Å². The minimum atomic E-state index is -4.68. The standard InChI is InChI=1S/C23H15ClF3N7O/c1-13-10-19(31-22(35)16-4-2-3-5-18(16)23(25,26)27)34(32-13)21-17-11-30-33(20(17)28-12-29-21)15-8-6-14(24)7-9-15/h2-12H,1H3,(H,31,35). The average molecular weight is 498 g/mol. The maximum absolute atomic E-state index is 13.4. The van der Waals surface area contributed by atoms with Crippen LogP contribution in [0.25, 0.3) is 22.5 Å². The first-order chi connectivity index (χ1) is 16.7. The molecule has 0 aliphatic rings. The number of aromatic nitrogens is 6. The lowest BCUT2D eigenvalue weighted by Crippen LogP contribution is -2.20. The van der Waals surface area contributed by atoms with Crippen molar-refractivity contribution in [2.45, 2.75) is 13.1 Å². The number of alkyl halides is 3. The van der Waals surface area contributed by atoms with Gasteiger partial charge in [0.05, 0.1) is 34.1 Å². The molecule has 0 aliphatic carbocycles. The summed E-state index contributed by atoms with van der Waals surface area (Å²) in [7, 11) is 0. The summed E-state index contributed by atoms with van der Waals surface area (Å²) in [5.74, 6) is -0.493. The van der Waals surface area contributed by atoms with Gasteiger partial charge >= 0.3 is 6.18 Å². The number of nitrogens with one attached hydrogen (secondary N) is 1. The van der Waals surface area contributed by atoms with Gasteiger partial charge in [0.2, 0.25) is 0 Å². The molecule has 1 N–H and O–H groups in total. The number of rotatable bonds is 4. The van der Waals surface area contributed by atoms with Crippen LogP contribution in [0, 0.1) is 6.92 Å². The molecule has 0 atom stereocenters. The van der Waals surface area contributed by atoms with Crippen molar-refractivity contribution >= 4 is 34.4 Å². The van der Waals surface area contributed by atoms with Crippen LogP contribution in [-0.4, -0.2) is 35.4 Å². The number of carbonyl (C=O) groups excluding carboxylic acids is 1. The highest BCUT2D eigenvalue weighted by Gasteiger charge is 2.35. The second-order valence-electron chi connectivity index (χ2n) is 7.55. The highest BCUT2D eigenvalue weighted by atomic mass is 35.5. The number of halogens is 4. The molecule has 8 nitrogen and oxygen atoms in total. The molecule has 0 spiro atoms. The van der Waals surface area contributed by atoms with Crippen LogP contribution in [0.1, 0.15) is 21.6 Å². The second kappa shape index (κ2) is 8.51. The molecule has 176 valence electrons. The van der Waals surface area contributed by atoms with Crippen LogP contribution >= 0.6 is 11.6 Å². The van der Waals surface area contributed by atoms with E-state index in [-0.39, 0.29) is 5.82 Å². The minimum Gasteiger partial charge on any atom is -0.306 e. The molecular formula is C23H15ClF3N7O. The van der Waals surface area contributed by atoms with Gasteiger partial charge in [-0.05, 0) is 43.3 Å². The first-order valence-electron chi connectivity index (χ1n) is 10.2. The van der Waals surface area contributed by atoms with Crippen LogP contribution in [0.3, 0.4) is 0 Å². The molecule has 0 aliphatic heterocycles. The third kappa shape index (κ3) is 4.21. The monoisotopic (exact) mass is 497 g/mol. The molecule has 0 unspecified atom stereocenters. The zero-order valence-corrected chi connectivity index (χ0v) is 18.7. The lowest BCUT2D eigenvalue weighted by Gasteiger charge is -2.13. The van der Waals surface area contributed by atoms with Crippen LogP contribution in [0.2, 0.25) is 5.02 Å². The molecule has 0 bridgehead atoms. The molecule has 0 saturated heterocycles. The van der Waals surface area contributed by atoms with Gasteiger partial charge in [0.25, 0.3) is 5.91 Å². The molecule has 2 aromatic carbocycles. The van der Waals surface area contributed by atoms with E-state index in [9.17, 15) is 18.0 Å². The number of fused-ring (bicyclic) bond motifs is 1. The molecule has 0 radical (unpaired) electrons. The molecule has 1 amide bonds. The smallest absolute Gasteiger partial charge is 0.306 e. The highest BCUT2D eigenvalue weighted by molar-refractivity contribution is 6.30. The summed E-state index contributed by atoms with van der Waals surface area (Å²) in [5, 5.41) is 12.4. The van der Waals surface area contributed by atoms with E-state index in [0.717, 1.165) is 12.1 Å². The molecule has 0 fully saturated rings. The van der Waals surface area contributed by atoms with E-state index in [1.54, 1.807) is 42.1 Å². The van der Waals surface area contributed by atoms with Crippen molar-refractivity contribution in [2.75, 3.05) is 5.32 Å². The van der Waals surface area contributed by atoms with Crippen LogP contribution in [-0.2, 0) is 6.18 Å². The summed E-state index contributed by atoms with van der Waals surface area (Å²) < 4.78 is 43.1. The third-order valence-electron chi connectivity index (χ3n) is 5.17. The van der Waals surface area contributed by atoms with E-state index in [4.69, 9.17) is 11.6 Å². The Labute approximate surface area is 201 Å². The van der Waals surface area contributed by atoms with Crippen LogP contribution in [0.4, 0.5) is 19.0 Å². The fourth-order valence-electron chi connectivity index (χ4n) is 3.63. The Bertz CT molecular complexity index is 1560. The van der Waals surface area contributed by atoms with Crippen molar-refractivity contribution < 1.29 is 18.0 Å². The van der Waals surface area contributed by atoms with E-state index in [1.165, 1.54) is 29.2 Å². The van der Waals surface area contributed by atoms with Gasteiger partial charge in [-0.15, -0.1) is 0 Å². The molecule has 5 aromatic rings. The predicted molar refractivity (Wildman–Crippen MR) is 123 cm³/mol. The number of carbonyl (C=O) groups is 1. The fraction of sp³-hybridized carbons (Fsp3) is 0.0870. The minimum absolute atomic E-state index is 0.142. The first kappa shape index (κ1) is 22.5. The zero-order valence-electron chi connectivity index (χ0n) is 18.0. The molecule has 12 heteroatoms. The van der Waals surface area contributed by atoms with Crippen LogP contribution < -0.4 is 5.32 Å². The third-order valence-corrected chi connectivity index (χ3v) is 5.42. The van der Waals surface area contributed by atoms with Crippen molar-refractivity contribution in [3.8, 4) is 11.5 Å². The number of aryl methyl sites for hydroxylation is 1. The van der Waals surface area contributed by atoms with Gasteiger partial charge in [-0.1, -0.05) is 23.7 Å². The number of nitrogens with zero attached hydrogens (tertiary/aromatic N) is 6. The summed E-state index contributed by atoms with van der Waals surface area (Å²) >= 11 is 5.97. The Morgan fingerprint density at radius 1 is 1.03 bits per heavy atom. The second-order valence-corrected chi connectivity index (χ2v) is 7.98. The molecule has 3 aromatic heterocycles. The Hall–Kier alpha value is -4.25. The molecular weight excluding hydrogens is 483 g/mol. The van der Waals surface area contributed by atoms with E-state index in [1.807, 2.05) is 0 Å². The topological polar surface area (TPSA) is 90.5 Å². The summed E-state index contributed by atoms with van der Waals surface area (Å²) in [5.41, 5.74) is 0.150. The normalized spacial score (nSPS) is 11.7. The molecule has 5 rings (SSSR count). The van der Waals surface area contributed by atoms with Crippen LogP contribution in [0.5, 0.6) is 0 Å². The van der Waals surface area contributed by atoms with Gasteiger partial charge in [-0.3, -0.25) is 4.79 Å². The summed E-state index contributed by atoms with van der Waals surface area (Å²) in [6.07, 6.45) is -1.83. The number of hydrogen-bond donors (Lipinski definition) is 1. The number of hydrogen-bond acceptors (Lipinski definition) is 5. The Morgan fingerprint density at radius 2 is 1.77 bits per heavy atom. The summed E-state index contributed by atoms with van der Waals surface area (Å²) in [6, 6.07) is 13.1. The lowest BCUT2D eigenvalue weighted by molar-refractivity contribution is -0.137. The molecule has 3 heterocycles. The molecule has 35 heavy (non-hydrogen) atoms. The van der Waals surface area contributed by atoms with Crippen molar-refractivity contribution in [3.63, 3.8) is 0 Å². The summed E-state index contributed by atoms with van der Waals surface area (Å²) in [4.78, 5) is 21.4. The molecule has 0 saturated carbocycles. The zero-order chi connectivity index (χ0) is 24.7. The van der Waals surface area contributed by atoms with Crippen molar-refractivity contribution in [1.29, 1.82) is 0 Å². The van der Waals surface area contributed by atoms with E-state index in [2.05, 4.69) is 25.5 Å². The SMILES string of the molecule is Cc1cc(NC(=O)c2ccccc2C(F)(F)F)n(-c2ncnc3c2cnn3-c2ccc(Cl)cc2)n1. The van der Waals surface area contributed by atoms with Gasteiger partial charge in [0.1, 0.15) is 12.1 Å². The first-order valence-corrected chi connectivity index (χ1v) is 10.6. The number of anilines is 1.